The zero-order valence-electron chi connectivity index (χ0n) is 17.7. The smallest absolute Gasteiger partial charge is 0.330 e. The van der Waals surface area contributed by atoms with Gasteiger partial charge in [-0.1, -0.05) is 47.6 Å². The van der Waals surface area contributed by atoms with Crippen molar-refractivity contribution in [2.45, 2.75) is 24.0 Å². The largest absolute Gasteiger partial charge is 0.384 e. The van der Waals surface area contributed by atoms with E-state index in [1.165, 1.54) is 9.13 Å². The van der Waals surface area contributed by atoms with Crippen molar-refractivity contribution in [3.05, 3.63) is 90.3 Å². The number of H-pyrrole nitrogens is 1. The van der Waals surface area contributed by atoms with Crippen LogP contribution in [0.4, 0.5) is 5.82 Å². The van der Waals surface area contributed by atoms with Gasteiger partial charge in [-0.25, -0.2) is 9.78 Å². The van der Waals surface area contributed by atoms with E-state index in [9.17, 15) is 19.2 Å². The van der Waals surface area contributed by atoms with Gasteiger partial charge in [-0.15, -0.1) is 0 Å². The van der Waals surface area contributed by atoms with Crippen molar-refractivity contribution in [1.29, 1.82) is 0 Å². The Morgan fingerprint density at radius 1 is 1.12 bits per heavy atom. The Morgan fingerprint density at radius 3 is 2.56 bits per heavy atom. The molecule has 0 unspecified atom stereocenters. The average molecular weight is 496 g/mol. The van der Waals surface area contributed by atoms with Crippen LogP contribution in [-0.2, 0) is 0 Å². The predicted octanol–water partition coefficient (Wildman–Crippen LogP) is 2.78. The van der Waals surface area contributed by atoms with E-state index in [-0.39, 0.29) is 33.9 Å². The fourth-order valence-electron chi connectivity index (χ4n) is 3.79. The molecule has 0 saturated heterocycles. The molecule has 0 amide bonds. The predicted molar refractivity (Wildman–Crippen MR) is 131 cm³/mol. The molecule has 2 heterocycles. The van der Waals surface area contributed by atoms with Crippen LogP contribution in [0.3, 0.4) is 0 Å². The van der Waals surface area contributed by atoms with Crippen molar-refractivity contribution in [3.63, 3.8) is 0 Å². The van der Waals surface area contributed by atoms with Gasteiger partial charge in [0.25, 0.3) is 11.1 Å². The second-order valence-electron chi connectivity index (χ2n) is 7.84. The maximum Gasteiger partial charge on any atom is 0.330 e. The van der Waals surface area contributed by atoms with E-state index in [0.29, 0.717) is 21.6 Å². The minimum Gasteiger partial charge on any atom is -0.384 e. The van der Waals surface area contributed by atoms with E-state index in [1.807, 2.05) is 0 Å². The van der Waals surface area contributed by atoms with Crippen molar-refractivity contribution < 1.29 is 4.79 Å². The van der Waals surface area contributed by atoms with Crippen LogP contribution in [0.15, 0.2) is 68.1 Å². The highest BCUT2D eigenvalue weighted by atomic mass is 35.5. The number of fused-ring (bicyclic) bond motifs is 1. The van der Waals surface area contributed by atoms with Crippen LogP contribution in [0.1, 0.15) is 29.2 Å². The first-order chi connectivity index (χ1) is 16.4. The van der Waals surface area contributed by atoms with Crippen LogP contribution >= 0.6 is 23.4 Å². The van der Waals surface area contributed by atoms with Crippen molar-refractivity contribution in [1.82, 2.24) is 19.1 Å². The highest BCUT2D eigenvalue weighted by molar-refractivity contribution is 7.99. The zero-order chi connectivity index (χ0) is 24.0. The molecule has 2 aromatic heterocycles. The number of aromatic nitrogens is 4. The lowest BCUT2D eigenvalue weighted by molar-refractivity contribution is 0.102. The molecule has 3 N–H and O–H groups in total. The highest BCUT2D eigenvalue weighted by Crippen LogP contribution is 2.35. The van der Waals surface area contributed by atoms with Gasteiger partial charge in [-0.2, -0.15) is 0 Å². The lowest BCUT2D eigenvalue weighted by Gasteiger charge is -2.14. The third-order valence-corrected chi connectivity index (χ3v) is 6.80. The minimum atomic E-state index is -0.833. The quantitative estimate of drug-likeness (QED) is 0.239. The number of thioether (sulfide) groups is 1. The Kier molecular flexibility index (Phi) is 5.62. The average Bonchev–Trinajstić information content (AvgIpc) is 3.63. The number of rotatable bonds is 6. The van der Waals surface area contributed by atoms with Gasteiger partial charge in [-0.3, -0.25) is 28.5 Å². The van der Waals surface area contributed by atoms with Crippen molar-refractivity contribution >= 4 is 45.9 Å². The molecule has 4 aromatic rings. The third-order valence-electron chi connectivity index (χ3n) is 5.54. The summed E-state index contributed by atoms with van der Waals surface area (Å²) in [5.74, 6) is -0.950. The first kappa shape index (κ1) is 22.2. The van der Waals surface area contributed by atoms with Gasteiger partial charge in [0.05, 0.1) is 27.4 Å². The normalized spacial score (nSPS) is 13.3. The van der Waals surface area contributed by atoms with E-state index in [2.05, 4.69) is 9.97 Å². The molecule has 0 spiro atoms. The standard InChI is InChI=1S/C23H18ClN5O4S/c24-14-6-2-4-8-16(14)29-21(32)13-5-1-3-7-15(13)26-23(29)34-11-17(30)18-19(25)28(12-9-10-12)22(33)27-20(18)31/h1-8,12H,9-11,25H2,(H,27,31,33). The number of halogens is 1. The van der Waals surface area contributed by atoms with Crippen LogP contribution in [0.5, 0.6) is 0 Å². The number of carbonyl (C=O) groups is 1. The summed E-state index contributed by atoms with van der Waals surface area (Å²) in [5, 5.41) is 0.970. The number of anilines is 1. The SMILES string of the molecule is Nc1c(C(=O)CSc2nc3ccccc3c(=O)n2-c2ccccc2Cl)c(=O)[nH]c(=O)n1C1CC1. The fourth-order valence-corrected chi connectivity index (χ4v) is 4.89. The number of nitrogen functional groups attached to an aromatic ring is 1. The van der Waals surface area contributed by atoms with Crippen molar-refractivity contribution in [2.75, 3.05) is 11.5 Å². The Bertz CT molecular complexity index is 1640. The molecule has 34 heavy (non-hydrogen) atoms. The number of benzene rings is 2. The van der Waals surface area contributed by atoms with Gasteiger partial charge >= 0.3 is 5.69 Å². The number of nitrogens with two attached hydrogens (primary N) is 1. The molecule has 0 atom stereocenters. The van der Waals surface area contributed by atoms with Crippen molar-refractivity contribution in [2.24, 2.45) is 0 Å². The Morgan fingerprint density at radius 2 is 1.82 bits per heavy atom. The number of carbonyl (C=O) groups excluding carboxylic acids is 1. The monoisotopic (exact) mass is 495 g/mol. The molecule has 2 aromatic carbocycles. The van der Waals surface area contributed by atoms with Gasteiger partial charge in [0, 0.05) is 6.04 Å². The first-order valence-electron chi connectivity index (χ1n) is 10.4. The molecule has 0 radical (unpaired) electrons. The molecule has 11 heteroatoms. The third kappa shape index (κ3) is 3.84. The van der Waals surface area contributed by atoms with Gasteiger partial charge in [0.15, 0.2) is 10.9 Å². The number of nitrogens with one attached hydrogen (secondary N) is 1. The lowest BCUT2D eigenvalue weighted by atomic mass is 10.2. The fraction of sp³-hybridized carbons (Fsp3) is 0.174. The van der Waals surface area contributed by atoms with E-state index in [1.54, 1.807) is 48.5 Å². The molecule has 1 fully saturated rings. The van der Waals surface area contributed by atoms with Crippen LogP contribution in [-0.4, -0.2) is 30.6 Å². The number of aromatic amines is 1. The number of ketones is 1. The van der Waals surface area contributed by atoms with Gasteiger partial charge in [0.2, 0.25) is 0 Å². The minimum absolute atomic E-state index is 0.115. The summed E-state index contributed by atoms with van der Waals surface area (Å²) >= 11 is 7.35. The number of nitrogens with zero attached hydrogens (tertiary/aromatic N) is 3. The van der Waals surface area contributed by atoms with Crippen LogP contribution in [0.2, 0.25) is 5.02 Å². The molecule has 172 valence electrons. The molecular weight excluding hydrogens is 478 g/mol. The summed E-state index contributed by atoms with van der Waals surface area (Å²) < 4.78 is 2.61. The van der Waals surface area contributed by atoms with E-state index in [0.717, 1.165) is 24.6 Å². The van der Waals surface area contributed by atoms with Crippen LogP contribution in [0.25, 0.3) is 16.6 Å². The van der Waals surface area contributed by atoms with Crippen LogP contribution < -0.4 is 22.5 Å². The number of hydrogen-bond acceptors (Lipinski definition) is 7. The van der Waals surface area contributed by atoms with Gasteiger partial charge < -0.3 is 5.73 Å². The molecule has 1 aliphatic carbocycles. The van der Waals surface area contributed by atoms with Crippen molar-refractivity contribution in [3.8, 4) is 5.69 Å². The summed E-state index contributed by atoms with van der Waals surface area (Å²) in [5.41, 5.74) is 4.87. The lowest BCUT2D eigenvalue weighted by Crippen LogP contribution is -2.36. The maximum atomic E-state index is 13.3. The summed E-state index contributed by atoms with van der Waals surface area (Å²) in [6.45, 7) is 0. The van der Waals surface area contributed by atoms with Gasteiger partial charge in [-0.05, 0) is 37.1 Å². The summed E-state index contributed by atoms with van der Waals surface area (Å²) in [6, 6.07) is 13.6. The number of hydrogen-bond donors (Lipinski definition) is 2. The molecule has 1 saturated carbocycles. The topological polar surface area (TPSA) is 133 Å². The maximum absolute atomic E-state index is 13.3. The highest BCUT2D eigenvalue weighted by Gasteiger charge is 2.30. The number of para-hydroxylation sites is 2. The molecule has 0 aliphatic heterocycles. The summed E-state index contributed by atoms with van der Waals surface area (Å²) in [7, 11) is 0. The Hall–Kier alpha value is -3.63. The number of Topliss-reactive ketones (excluding diaryl/α,β-unsaturated/α-hetero) is 1. The molecule has 5 rings (SSSR count). The summed E-state index contributed by atoms with van der Waals surface area (Å²) in [6.07, 6.45) is 1.51. The summed E-state index contributed by atoms with van der Waals surface area (Å²) in [4.78, 5) is 57.7. The second-order valence-corrected chi connectivity index (χ2v) is 9.19. The molecule has 0 bridgehead atoms. The molecule has 9 nitrogen and oxygen atoms in total. The van der Waals surface area contributed by atoms with E-state index >= 15 is 0 Å². The molecule has 1 aliphatic rings. The Balaban J connectivity index is 1.57. The Labute approximate surface area is 201 Å². The van der Waals surface area contributed by atoms with E-state index in [4.69, 9.17) is 17.3 Å². The van der Waals surface area contributed by atoms with Gasteiger partial charge in [0.1, 0.15) is 11.4 Å². The second kappa shape index (κ2) is 8.62. The zero-order valence-corrected chi connectivity index (χ0v) is 19.2. The first-order valence-corrected chi connectivity index (χ1v) is 11.8. The van der Waals surface area contributed by atoms with Crippen LogP contribution in [0, 0.1) is 0 Å². The van der Waals surface area contributed by atoms with E-state index < -0.39 is 17.0 Å². The molecular formula is C23H18ClN5O4S.